The first-order valence-electron chi connectivity index (χ1n) is 1.17. The standard InChI is InChI=1S/3CN.Co.Na/c3*1-2;;. The zero-order chi connectivity index (χ0) is 5.70. The number of nitriles is 3. The van der Waals surface area contributed by atoms with Crippen molar-refractivity contribution in [2.24, 2.45) is 0 Å². The van der Waals surface area contributed by atoms with E-state index in [4.69, 9.17) is 15.8 Å². The van der Waals surface area contributed by atoms with Gasteiger partial charge in [0.25, 0.3) is 0 Å². The van der Waals surface area contributed by atoms with E-state index in [-0.39, 0.29) is 29.6 Å². The molecule has 0 atom stereocenters. The fourth-order valence-corrected chi connectivity index (χ4v) is 0.206. The van der Waals surface area contributed by atoms with E-state index in [9.17, 15) is 0 Å². The molecular formula is C3CoN3Na. The smallest absolute Gasteiger partial charge is 0 e. The molecule has 0 unspecified atom stereocenters. The van der Waals surface area contributed by atoms with E-state index < -0.39 is 13.7 Å². The minimum Gasteiger partial charge on any atom is 0 e. The Morgan fingerprint density at radius 1 is 0.875 bits per heavy atom. The molecule has 0 heterocycles. The Balaban J connectivity index is 0. The van der Waals surface area contributed by atoms with Crippen molar-refractivity contribution in [1.82, 2.24) is 0 Å². The van der Waals surface area contributed by atoms with Gasteiger partial charge in [-0.2, -0.15) is 0 Å². The Labute approximate surface area is 73.6 Å². The molecule has 0 saturated carbocycles. The van der Waals surface area contributed by atoms with Crippen LogP contribution in [0.4, 0.5) is 0 Å². The first kappa shape index (κ1) is 10.9. The molecule has 0 aliphatic heterocycles. The van der Waals surface area contributed by atoms with Gasteiger partial charge in [0.2, 0.25) is 0 Å². The quantitative estimate of drug-likeness (QED) is 0.455. The van der Waals surface area contributed by atoms with Crippen LogP contribution in [0.2, 0.25) is 0 Å². The van der Waals surface area contributed by atoms with Crippen LogP contribution in [0.15, 0.2) is 0 Å². The second-order valence-corrected chi connectivity index (χ2v) is 1.95. The molecule has 0 aromatic carbocycles. The average Bonchev–Trinajstić information content (AvgIpc) is 1.72. The Hall–Kier alpha value is -0.0235. The number of hydrogen-bond acceptors (Lipinski definition) is 3. The summed E-state index contributed by atoms with van der Waals surface area (Å²) in [7, 11) is 0. The summed E-state index contributed by atoms with van der Waals surface area (Å²) in [4.78, 5) is 0. The fourth-order valence-electron chi connectivity index (χ4n) is 0.0500. The summed E-state index contributed by atoms with van der Waals surface area (Å²) in [6.07, 6.45) is 0. The van der Waals surface area contributed by atoms with Crippen molar-refractivity contribution in [3.8, 4) is 15.0 Å². The van der Waals surface area contributed by atoms with Gasteiger partial charge in [-0.3, -0.25) is 0 Å². The fraction of sp³-hybridized carbons (Fsp3) is 0. The number of nitrogens with zero attached hydrogens (tertiary/aromatic N) is 3. The normalized spacial score (nSPS) is 6.38. The molecule has 0 bridgehead atoms. The van der Waals surface area contributed by atoms with Gasteiger partial charge >= 0.3 is 44.5 Å². The van der Waals surface area contributed by atoms with Crippen LogP contribution in [0.5, 0.6) is 0 Å². The van der Waals surface area contributed by atoms with Gasteiger partial charge in [-0.1, -0.05) is 0 Å². The van der Waals surface area contributed by atoms with Crippen molar-refractivity contribution in [2.75, 3.05) is 0 Å². The Kier molecular flexibility index (Phi) is 9.48. The van der Waals surface area contributed by atoms with Crippen LogP contribution in [0.1, 0.15) is 0 Å². The Morgan fingerprint density at radius 2 is 1.12 bits per heavy atom. The summed E-state index contributed by atoms with van der Waals surface area (Å²) in [6.45, 7) is 0. The maximum Gasteiger partial charge on any atom is 0 e. The Morgan fingerprint density at radius 3 is 1.12 bits per heavy atom. The molecule has 1 radical (unpaired) electrons. The van der Waals surface area contributed by atoms with E-state index >= 15 is 0 Å². The third-order valence-electron chi connectivity index (χ3n) is 0.224. The van der Waals surface area contributed by atoms with Crippen LogP contribution in [-0.2, 0) is 13.7 Å². The second kappa shape index (κ2) is 6.98. The molecule has 0 aromatic heterocycles. The van der Waals surface area contributed by atoms with E-state index in [1.54, 1.807) is 15.0 Å². The van der Waals surface area contributed by atoms with Crippen LogP contribution in [0, 0.1) is 30.8 Å². The molecule has 0 rings (SSSR count). The van der Waals surface area contributed by atoms with Crippen molar-refractivity contribution in [2.45, 2.75) is 0 Å². The van der Waals surface area contributed by atoms with Crippen molar-refractivity contribution in [3.63, 3.8) is 0 Å². The van der Waals surface area contributed by atoms with Crippen LogP contribution in [-0.4, -0.2) is 29.6 Å². The van der Waals surface area contributed by atoms with Crippen molar-refractivity contribution in [3.05, 3.63) is 0 Å². The molecule has 0 aliphatic rings. The maximum atomic E-state index is 7.86. The van der Waals surface area contributed by atoms with Crippen LogP contribution >= 0.6 is 0 Å². The molecule has 0 aliphatic carbocycles. The van der Waals surface area contributed by atoms with Gasteiger partial charge < -0.3 is 0 Å². The molecule has 0 aromatic rings. The molecule has 3 nitrogen and oxygen atoms in total. The predicted molar refractivity (Wildman–Crippen MR) is 22.6 cm³/mol. The van der Waals surface area contributed by atoms with Gasteiger partial charge in [0.1, 0.15) is 0 Å². The molecule has 0 N–H and O–H groups in total. The van der Waals surface area contributed by atoms with Crippen molar-refractivity contribution < 1.29 is 13.7 Å². The summed E-state index contributed by atoms with van der Waals surface area (Å²) in [5.41, 5.74) is 0. The van der Waals surface area contributed by atoms with E-state index in [0.29, 0.717) is 0 Å². The van der Waals surface area contributed by atoms with E-state index in [1.807, 2.05) is 0 Å². The zero-order valence-electron chi connectivity index (χ0n) is 4.17. The van der Waals surface area contributed by atoms with Crippen LogP contribution in [0.3, 0.4) is 0 Å². The van der Waals surface area contributed by atoms with Gasteiger partial charge in [-0.25, -0.2) is 0 Å². The SMILES string of the molecule is N#[C][Co]([C]#N)[C]#N.[Na]. The van der Waals surface area contributed by atoms with E-state index in [1.165, 1.54) is 0 Å². The molecule has 0 saturated heterocycles. The van der Waals surface area contributed by atoms with Gasteiger partial charge in [-0.05, 0) is 0 Å². The van der Waals surface area contributed by atoms with Gasteiger partial charge in [0.15, 0.2) is 0 Å². The predicted octanol–water partition coefficient (Wildman–Crippen LogP) is -0.333. The third-order valence-corrected chi connectivity index (χ3v) is 0.922. The van der Waals surface area contributed by atoms with Crippen LogP contribution < -0.4 is 0 Å². The van der Waals surface area contributed by atoms with Crippen molar-refractivity contribution in [1.29, 1.82) is 15.8 Å². The second-order valence-electron chi connectivity index (χ2n) is 0.474. The molecule has 0 amide bonds. The number of rotatable bonds is 0. The topological polar surface area (TPSA) is 71.4 Å². The van der Waals surface area contributed by atoms with Crippen LogP contribution in [0.25, 0.3) is 0 Å². The molecule has 0 spiro atoms. The zero-order valence-corrected chi connectivity index (χ0v) is 7.22. The summed E-state index contributed by atoms with van der Waals surface area (Å²) < 4.78 is 0. The summed E-state index contributed by atoms with van der Waals surface area (Å²) >= 11 is -1.62. The van der Waals surface area contributed by atoms with Gasteiger partial charge in [0.05, 0.1) is 0 Å². The summed E-state index contributed by atoms with van der Waals surface area (Å²) in [6, 6.07) is 0. The summed E-state index contributed by atoms with van der Waals surface area (Å²) in [5.74, 6) is 0. The molecule has 5 heteroatoms. The average molecular weight is 160 g/mol. The van der Waals surface area contributed by atoms with Crippen molar-refractivity contribution >= 4 is 29.6 Å². The Bertz CT molecular complexity index is 137. The monoisotopic (exact) mass is 160 g/mol. The van der Waals surface area contributed by atoms with E-state index in [2.05, 4.69) is 0 Å². The van der Waals surface area contributed by atoms with Gasteiger partial charge in [-0.15, -0.1) is 0 Å². The molecule has 0 fully saturated rings. The summed E-state index contributed by atoms with van der Waals surface area (Å²) in [5, 5.41) is 28.2. The first-order chi connectivity index (χ1) is 3.35. The third kappa shape index (κ3) is 4.14. The maximum absolute atomic E-state index is 7.86. The van der Waals surface area contributed by atoms with Gasteiger partial charge in [0, 0.05) is 29.6 Å². The molecule has 37 valence electrons. The first-order valence-corrected chi connectivity index (χ1v) is 2.73. The minimum absolute atomic E-state index is 0. The minimum atomic E-state index is -1.62. The molecule has 8 heavy (non-hydrogen) atoms. The number of hydrogen-bond donors (Lipinski definition) is 0. The molecular weight excluding hydrogens is 160 g/mol. The van der Waals surface area contributed by atoms with E-state index in [0.717, 1.165) is 0 Å². The largest absolute Gasteiger partial charge is 0 e.